The van der Waals surface area contributed by atoms with Gasteiger partial charge < -0.3 is 14.8 Å². The first kappa shape index (κ1) is 20.6. The number of rotatable bonds is 8. The van der Waals surface area contributed by atoms with Gasteiger partial charge in [0.05, 0.1) is 13.1 Å². The number of benzene rings is 2. The van der Waals surface area contributed by atoms with Crippen LogP contribution in [-0.4, -0.2) is 38.8 Å². The van der Waals surface area contributed by atoms with Crippen molar-refractivity contribution in [3.05, 3.63) is 64.9 Å². The molecule has 0 radical (unpaired) electrons. The molecular weight excluding hydrogens is 383 g/mol. The van der Waals surface area contributed by atoms with Gasteiger partial charge in [-0.15, -0.1) is 0 Å². The Bertz CT molecular complexity index is 762. The van der Waals surface area contributed by atoms with Crippen molar-refractivity contribution >= 4 is 17.5 Å². The van der Waals surface area contributed by atoms with Crippen LogP contribution in [0, 0.1) is 5.82 Å². The largest absolute Gasteiger partial charge is 0.492 e. The van der Waals surface area contributed by atoms with Crippen molar-refractivity contribution in [3.63, 3.8) is 0 Å². The predicted molar refractivity (Wildman–Crippen MR) is 106 cm³/mol. The highest BCUT2D eigenvalue weighted by atomic mass is 35.5. The third-order valence-corrected chi connectivity index (χ3v) is 5.09. The number of nitrogens with one attached hydrogen (secondary N) is 2. The first-order valence-corrected chi connectivity index (χ1v) is 9.69. The first-order valence-electron chi connectivity index (χ1n) is 9.31. The maximum Gasteiger partial charge on any atom is 0.234 e. The van der Waals surface area contributed by atoms with Crippen LogP contribution in [0.4, 0.5) is 4.39 Å². The van der Waals surface area contributed by atoms with Gasteiger partial charge in [0.25, 0.3) is 0 Å². The molecule has 2 N–H and O–H groups in total. The van der Waals surface area contributed by atoms with Crippen molar-refractivity contribution in [3.8, 4) is 5.75 Å². The third kappa shape index (κ3) is 5.67. The van der Waals surface area contributed by atoms with Gasteiger partial charge in [-0.2, -0.15) is 0 Å². The SMILES string of the molecule is O=C(CNC1(c2ccc(F)cc2)CCOCC1)NCCOc1ccc(Cl)cc1. The minimum absolute atomic E-state index is 0.118. The van der Waals surface area contributed by atoms with E-state index in [1.165, 1.54) is 12.1 Å². The van der Waals surface area contributed by atoms with Gasteiger partial charge in [0.15, 0.2) is 0 Å². The molecule has 2 aromatic carbocycles. The number of amides is 1. The van der Waals surface area contributed by atoms with Crippen LogP contribution in [0.5, 0.6) is 5.75 Å². The van der Waals surface area contributed by atoms with Crippen LogP contribution in [0.15, 0.2) is 48.5 Å². The fraction of sp³-hybridized carbons (Fsp3) is 0.381. The van der Waals surface area contributed by atoms with Gasteiger partial charge >= 0.3 is 0 Å². The molecule has 1 aliphatic rings. The van der Waals surface area contributed by atoms with E-state index in [0.29, 0.717) is 37.1 Å². The van der Waals surface area contributed by atoms with Gasteiger partial charge in [0, 0.05) is 23.8 Å². The summed E-state index contributed by atoms with van der Waals surface area (Å²) in [4.78, 5) is 12.2. The Labute approximate surface area is 169 Å². The molecule has 0 unspecified atom stereocenters. The maximum atomic E-state index is 13.3. The summed E-state index contributed by atoms with van der Waals surface area (Å²) >= 11 is 5.83. The molecule has 2 aromatic rings. The minimum Gasteiger partial charge on any atom is -0.492 e. The molecule has 5 nitrogen and oxygen atoms in total. The average molecular weight is 407 g/mol. The lowest BCUT2D eigenvalue weighted by molar-refractivity contribution is -0.121. The minimum atomic E-state index is -0.386. The number of ether oxygens (including phenoxy) is 2. The Morgan fingerprint density at radius 2 is 1.79 bits per heavy atom. The fourth-order valence-corrected chi connectivity index (χ4v) is 3.38. The van der Waals surface area contributed by atoms with E-state index in [4.69, 9.17) is 21.1 Å². The van der Waals surface area contributed by atoms with E-state index in [1.807, 2.05) is 0 Å². The molecule has 0 aliphatic carbocycles. The van der Waals surface area contributed by atoms with Crippen LogP contribution < -0.4 is 15.4 Å². The monoisotopic (exact) mass is 406 g/mol. The van der Waals surface area contributed by atoms with Gasteiger partial charge in [-0.25, -0.2) is 4.39 Å². The van der Waals surface area contributed by atoms with Crippen molar-refractivity contribution in [2.45, 2.75) is 18.4 Å². The van der Waals surface area contributed by atoms with E-state index in [1.54, 1.807) is 36.4 Å². The number of hydrogen-bond acceptors (Lipinski definition) is 4. The van der Waals surface area contributed by atoms with E-state index in [9.17, 15) is 9.18 Å². The molecule has 150 valence electrons. The lowest BCUT2D eigenvalue weighted by Gasteiger charge is -2.38. The van der Waals surface area contributed by atoms with Crippen molar-refractivity contribution in [1.29, 1.82) is 0 Å². The molecule has 0 bridgehead atoms. The zero-order valence-electron chi connectivity index (χ0n) is 15.5. The van der Waals surface area contributed by atoms with E-state index in [2.05, 4.69) is 10.6 Å². The zero-order valence-corrected chi connectivity index (χ0v) is 16.3. The highest BCUT2D eigenvalue weighted by Gasteiger charge is 2.34. The molecule has 0 aromatic heterocycles. The third-order valence-electron chi connectivity index (χ3n) is 4.84. The second kappa shape index (κ2) is 9.87. The summed E-state index contributed by atoms with van der Waals surface area (Å²) < 4.78 is 24.3. The standard InChI is InChI=1S/C21H24ClFN2O3/c22-17-3-7-19(8-4-17)28-14-11-24-20(26)15-25-21(9-12-27-13-10-21)16-1-5-18(23)6-2-16/h1-8,25H,9-15H2,(H,24,26). The van der Waals surface area contributed by atoms with Crippen LogP contribution in [0.2, 0.25) is 5.02 Å². The molecule has 1 fully saturated rings. The molecule has 7 heteroatoms. The van der Waals surface area contributed by atoms with Gasteiger partial charge in [0.1, 0.15) is 18.2 Å². The average Bonchev–Trinajstić information content (AvgIpc) is 2.72. The molecule has 1 saturated heterocycles. The number of carbonyl (C=O) groups excluding carboxylic acids is 1. The Morgan fingerprint density at radius 1 is 1.11 bits per heavy atom. The van der Waals surface area contributed by atoms with E-state index in [-0.39, 0.29) is 23.8 Å². The quantitative estimate of drug-likeness (QED) is 0.660. The summed E-state index contributed by atoms with van der Waals surface area (Å²) in [7, 11) is 0. The molecule has 3 rings (SSSR count). The number of halogens is 2. The maximum absolute atomic E-state index is 13.3. The molecule has 1 heterocycles. The van der Waals surface area contributed by atoms with Gasteiger partial charge in [-0.1, -0.05) is 23.7 Å². The van der Waals surface area contributed by atoms with Crippen molar-refractivity contribution in [1.82, 2.24) is 10.6 Å². The molecular formula is C21H24ClFN2O3. The fourth-order valence-electron chi connectivity index (χ4n) is 3.26. The Morgan fingerprint density at radius 3 is 2.46 bits per heavy atom. The zero-order chi connectivity index (χ0) is 19.8. The molecule has 1 aliphatic heterocycles. The Balaban J connectivity index is 1.47. The Hall–Kier alpha value is -2.15. The van der Waals surface area contributed by atoms with Crippen LogP contribution in [0.3, 0.4) is 0 Å². The highest BCUT2D eigenvalue weighted by Crippen LogP contribution is 2.32. The summed E-state index contributed by atoms with van der Waals surface area (Å²) in [6.45, 7) is 2.13. The van der Waals surface area contributed by atoms with Crippen molar-refractivity contribution in [2.24, 2.45) is 0 Å². The second-order valence-corrected chi connectivity index (χ2v) is 7.14. The summed E-state index contributed by atoms with van der Waals surface area (Å²) in [5.74, 6) is 0.311. The number of carbonyl (C=O) groups is 1. The van der Waals surface area contributed by atoms with Crippen LogP contribution in [-0.2, 0) is 15.1 Å². The molecule has 1 amide bonds. The summed E-state index contributed by atoms with van der Waals surface area (Å²) in [6.07, 6.45) is 1.46. The highest BCUT2D eigenvalue weighted by molar-refractivity contribution is 6.30. The summed E-state index contributed by atoms with van der Waals surface area (Å²) in [5.41, 5.74) is 0.583. The van der Waals surface area contributed by atoms with Crippen LogP contribution in [0.1, 0.15) is 18.4 Å². The van der Waals surface area contributed by atoms with Crippen LogP contribution >= 0.6 is 11.6 Å². The molecule has 0 spiro atoms. The summed E-state index contributed by atoms with van der Waals surface area (Å²) in [6, 6.07) is 13.5. The molecule has 28 heavy (non-hydrogen) atoms. The van der Waals surface area contributed by atoms with Crippen molar-refractivity contribution < 1.29 is 18.7 Å². The lowest BCUT2D eigenvalue weighted by atomic mass is 9.82. The van der Waals surface area contributed by atoms with Gasteiger partial charge in [0.2, 0.25) is 5.91 Å². The van der Waals surface area contributed by atoms with E-state index >= 15 is 0 Å². The normalized spacial score (nSPS) is 15.8. The van der Waals surface area contributed by atoms with Gasteiger partial charge in [-0.05, 0) is 54.8 Å². The smallest absolute Gasteiger partial charge is 0.234 e. The lowest BCUT2D eigenvalue weighted by Crippen LogP contribution is -2.50. The summed E-state index contributed by atoms with van der Waals surface area (Å²) in [5, 5.41) is 6.85. The predicted octanol–water partition coefficient (Wildman–Crippen LogP) is 3.27. The topological polar surface area (TPSA) is 59.6 Å². The molecule has 0 saturated carbocycles. The molecule has 0 atom stereocenters. The van der Waals surface area contributed by atoms with Crippen LogP contribution in [0.25, 0.3) is 0 Å². The van der Waals surface area contributed by atoms with Gasteiger partial charge in [-0.3, -0.25) is 10.1 Å². The Kier molecular flexibility index (Phi) is 7.25. The first-order chi connectivity index (χ1) is 13.6. The van der Waals surface area contributed by atoms with E-state index < -0.39 is 0 Å². The van der Waals surface area contributed by atoms with Crippen molar-refractivity contribution in [2.75, 3.05) is 32.9 Å². The van der Waals surface area contributed by atoms with E-state index in [0.717, 1.165) is 18.4 Å². The second-order valence-electron chi connectivity index (χ2n) is 6.71. The number of hydrogen-bond donors (Lipinski definition) is 2.